The van der Waals surface area contributed by atoms with Gasteiger partial charge in [0, 0.05) is 55.6 Å². The average molecular weight is 438 g/mol. The van der Waals surface area contributed by atoms with E-state index in [0.717, 1.165) is 48.5 Å². The molecular weight excluding hydrogens is 414 g/mol. The van der Waals surface area contributed by atoms with Crippen molar-refractivity contribution < 1.29 is 9.47 Å². The van der Waals surface area contributed by atoms with E-state index in [1.807, 2.05) is 24.3 Å². The summed E-state index contributed by atoms with van der Waals surface area (Å²) in [6, 6.07) is 7.59. The Morgan fingerprint density at radius 2 is 1.90 bits per heavy atom. The summed E-state index contributed by atoms with van der Waals surface area (Å²) < 4.78 is 10.8. The largest absolute Gasteiger partial charge is 0.493 e. The van der Waals surface area contributed by atoms with Crippen LogP contribution in [-0.2, 0) is 0 Å². The molecule has 31 heavy (non-hydrogen) atoms. The Morgan fingerprint density at radius 1 is 1.13 bits per heavy atom. The molecule has 160 valence electrons. The van der Waals surface area contributed by atoms with Gasteiger partial charge in [-0.2, -0.15) is 5.10 Å². The molecule has 2 aromatic heterocycles. The third-order valence-corrected chi connectivity index (χ3v) is 5.39. The van der Waals surface area contributed by atoms with Crippen LogP contribution in [0.25, 0.3) is 10.9 Å². The van der Waals surface area contributed by atoms with Crippen molar-refractivity contribution in [3.8, 4) is 11.5 Å². The normalized spacial score (nSPS) is 14.1. The molecule has 3 heterocycles. The van der Waals surface area contributed by atoms with Crippen LogP contribution in [0.4, 0.5) is 5.82 Å². The van der Waals surface area contributed by atoms with E-state index in [1.54, 1.807) is 39.2 Å². The van der Waals surface area contributed by atoms with Gasteiger partial charge in [0.15, 0.2) is 16.6 Å². The molecule has 3 aromatic rings. The first-order chi connectivity index (χ1) is 15.2. The molecule has 4 rings (SSSR count). The molecule has 1 aliphatic heterocycles. The highest BCUT2D eigenvalue weighted by Gasteiger charge is 2.22. The topological polar surface area (TPSA) is 88.0 Å². The summed E-state index contributed by atoms with van der Waals surface area (Å²) in [5.74, 6) is 2.17. The number of methoxy groups -OCH3 is 2. The fraction of sp³-hybridized carbons (Fsp3) is 0.286. The molecule has 0 radical (unpaired) electrons. The minimum Gasteiger partial charge on any atom is -0.493 e. The molecular formula is C21H23N7O2S. The summed E-state index contributed by atoms with van der Waals surface area (Å²) in [5.41, 5.74) is 4.66. The van der Waals surface area contributed by atoms with Crippen molar-refractivity contribution in [2.75, 3.05) is 45.3 Å². The maximum absolute atomic E-state index is 5.49. The molecule has 1 N–H and O–H groups in total. The van der Waals surface area contributed by atoms with Gasteiger partial charge in [0.2, 0.25) is 0 Å². The summed E-state index contributed by atoms with van der Waals surface area (Å²) in [6.07, 6.45) is 6.74. The van der Waals surface area contributed by atoms with Crippen LogP contribution in [0, 0.1) is 0 Å². The number of nitrogens with one attached hydrogen (secondary N) is 1. The zero-order valence-corrected chi connectivity index (χ0v) is 18.2. The van der Waals surface area contributed by atoms with Crippen molar-refractivity contribution in [1.29, 1.82) is 0 Å². The van der Waals surface area contributed by atoms with Gasteiger partial charge in [-0.05, 0) is 24.4 Å². The Hall–Kier alpha value is -3.53. The quantitative estimate of drug-likeness (QED) is 0.366. The highest BCUT2D eigenvalue weighted by Crippen LogP contribution is 2.34. The Morgan fingerprint density at radius 3 is 2.61 bits per heavy atom. The number of hydrogen-bond donors (Lipinski definition) is 1. The Bertz CT molecular complexity index is 1090. The number of aromatic nitrogens is 3. The second-order valence-corrected chi connectivity index (χ2v) is 7.24. The number of rotatable bonds is 5. The van der Waals surface area contributed by atoms with Crippen LogP contribution in [0.5, 0.6) is 11.5 Å². The van der Waals surface area contributed by atoms with E-state index < -0.39 is 0 Å². The summed E-state index contributed by atoms with van der Waals surface area (Å²) in [7, 11) is 3.24. The number of piperazine rings is 1. The minimum atomic E-state index is 0.596. The fourth-order valence-corrected chi connectivity index (χ4v) is 3.66. The van der Waals surface area contributed by atoms with Crippen molar-refractivity contribution in [3.63, 3.8) is 0 Å². The van der Waals surface area contributed by atoms with E-state index in [2.05, 4.69) is 35.3 Å². The molecule has 1 aromatic carbocycles. The van der Waals surface area contributed by atoms with Crippen molar-refractivity contribution in [2.45, 2.75) is 0 Å². The van der Waals surface area contributed by atoms with Crippen molar-refractivity contribution in [2.24, 2.45) is 5.10 Å². The number of anilines is 1. The third kappa shape index (κ3) is 4.64. The molecule has 0 saturated carbocycles. The SMILES string of the molecule is COc1cc2ncnc(N3CCN(C(=S)N/N=C/c4cccnc4)CC3)c2cc1OC. The number of fused-ring (bicyclic) bond motifs is 1. The van der Waals surface area contributed by atoms with Crippen LogP contribution in [0.1, 0.15) is 5.56 Å². The van der Waals surface area contributed by atoms with Crippen molar-refractivity contribution in [1.82, 2.24) is 25.3 Å². The minimum absolute atomic E-state index is 0.596. The number of pyridine rings is 1. The van der Waals surface area contributed by atoms with Crippen LogP contribution < -0.4 is 19.8 Å². The lowest BCUT2D eigenvalue weighted by molar-refractivity contribution is 0.355. The van der Waals surface area contributed by atoms with E-state index >= 15 is 0 Å². The number of hydrazone groups is 1. The van der Waals surface area contributed by atoms with Gasteiger partial charge in [-0.3, -0.25) is 10.4 Å². The molecule has 1 aliphatic rings. The Labute approximate surface area is 185 Å². The fourth-order valence-electron chi connectivity index (χ4n) is 3.43. The van der Waals surface area contributed by atoms with Crippen molar-refractivity contribution >= 4 is 40.3 Å². The van der Waals surface area contributed by atoms with Crippen LogP contribution in [0.2, 0.25) is 0 Å². The molecule has 0 amide bonds. The summed E-state index contributed by atoms with van der Waals surface area (Å²) in [5, 5.41) is 5.73. The first-order valence-electron chi connectivity index (χ1n) is 9.79. The molecule has 1 saturated heterocycles. The lowest BCUT2D eigenvalue weighted by Gasteiger charge is -2.36. The van der Waals surface area contributed by atoms with Gasteiger partial charge in [0.25, 0.3) is 0 Å². The van der Waals surface area contributed by atoms with E-state index in [0.29, 0.717) is 16.6 Å². The van der Waals surface area contributed by atoms with Gasteiger partial charge in [-0.1, -0.05) is 6.07 Å². The van der Waals surface area contributed by atoms with Crippen LogP contribution in [0.15, 0.2) is 48.1 Å². The molecule has 0 unspecified atom stereocenters. The number of thiocarbonyl (C=S) groups is 1. The smallest absolute Gasteiger partial charge is 0.189 e. The molecule has 0 bridgehead atoms. The third-order valence-electron chi connectivity index (χ3n) is 5.04. The second kappa shape index (κ2) is 9.52. The van der Waals surface area contributed by atoms with Crippen molar-refractivity contribution in [3.05, 3.63) is 48.5 Å². The highest BCUT2D eigenvalue weighted by atomic mass is 32.1. The number of ether oxygens (including phenoxy) is 2. The second-order valence-electron chi connectivity index (χ2n) is 6.86. The molecule has 0 aliphatic carbocycles. The monoisotopic (exact) mass is 437 g/mol. The summed E-state index contributed by atoms with van der Waals surface area (Å²) >= 11 is 5.49. The van der Waals surface area contributed by atoms with Gasteiger partial charge in [-0.15, -0.1) is 0 Å². The summed E-state index contributed by atoms with van der Waals surface area (Å²) in [4.78, 5) is 17.3. The van der Waals surface area contributed by atoms with E-state index in [-0.39, 0.29) is 0 Å². The van der Waals surface area contributed by atoms with Gasteiger partial charge < -0.3 is 19.3 Å². The van der Waals surface area contributed by atoms with Gasteiger partial charge in [0.05, 0.1) is 26.0 Å². The predicted molar refractivity (Wildman–Crippen MR) is 124 cm³/mol. The van der Waals surface area contributed by atoms with E-state index in [9.17, 15) is 0 Å². The number of hydrogen-bond acceptors (Lipinski definition) is 8. The van der Waals surface area contributed by atoms with E-state index in [4.69, 9.17) is 21.7 Å². The first-order valence-corrected chi connectivity index (χ1v) is 10.2. The Kier molecular flexibility index (Phi) is 6.37. The molecule has 1 fully saturated rings. The standard InChI is InChI=1S/C21H23N7O2S/c1-29-18-10-16-17(11-19(18)30-2)23-14-24-20(16)27-6-8-28(9-7-27)21(31)26-25-13-15-4-3-5-22-12-15/h3-5,10-14H,6-9H2,1-2H3,(H,26,31)/b25-13+. The number of nitrogens with zero attached hydrogens (tertiary/aromatic N) is 6. The number of benzene rings is 1. The molecule has 0 atom stereocenters. The zero-order chi connectivity index (χ0) is 21.6. The molecule has 9 nitrogen and oxygen atoms in total. The van der Waals surface area contributed by atoms with Gasteiger partial charge in [0.1, 0.15) is 12.1 Å². The maximum Gasteiger partial charge on any atom is 0.189 e. The molecule has 10 heteroatoms. The average Bonchev–Trinajstić information content (AvgIpc) is 2.83. The summed E-state index contributed by atoms with van der Waals surface area (Å²) in [6.45, 7) is 3.06. The lowest BCUT2D eigenvalue weighted by atomic mass is 10.2. The maximum atomic E-state index is 5.49. The van der Waals surface area contributed by atoms with Gasteiger partial charge >= 0.3 is 0 Å². The predicted octanol–water partition coefficient (Wildman–Crippen LogP) is 2.07. The van der Waals surface area contributed by atoms with Gasteiger partial charge in [-0.25, -0.2) is 9.97 Å². The van der Waals surface area contributed by atoms with Crippen LogP contribution in [-0.4, -0.2) is 71.6 Å². The van der Waals surface area contributed by atoms with Crippen LogP contribution in [0.3, 0.4) is 0 Å². The van der Waals surface area contributed by atoms with E-state index in [1.165, 1.54) is 0 Å². The van der Waals surface area contributed by atoms with Crippen LogP contribution >= 0.6 is 12.2 Å². The Balaban J connectivity index is 1.42. The zero-order valence-electron chi connectivity index (χ0n) is 17.4. The first kappa shape index (κ1) is 20.7. The molecule has 0 spiro atoms. The highest BCUT2D eigenvalue weighted by molar-refractivity contribution is 7.80. The lowest BCUT2D eigenvalue weighted by Crippen LogP contribution is -2.51.